The summed E-state index contributed by atoms with van der Waals surface area (Å²) in [4.78, 5) is 11.5. The first kappa shape index (κ1) is 17.6. The lowest BCUT2D eigenvalue weighted by Gasteiger charge is -2.21. The molecular weight excluding hydrogens is 306 g/mol. The van der Waals surface area contributed by atoms with Crippen LogP contribution in [0.2, 0.25) is 5.02 Å². The standard InChI is InChI=1S/C20H24ClNO/c1-12(2)17-9-15(14-5-7-16(21)8-6-14)10-18(13(3)4)19(17)11-20(22)23/h5-10,12-13H,11H2,1-4H3,(H2,22,23). The van der Waals surface area contributed by atoms with Crippen LogP contribution in [0.1, 0.15) is 56.2 Å². The Bertz CT molecular complexity index is 673. The Hall–Kier alpha value is -1.80. The minimum Gasteiger partial charge on any atom is -0.369 e. The van der Waals surface area contributed by atoms with Crippen LogP contribution in [-0.2, 0) is 11.2 Å². The lowest BCUT2D eigenvalue weighted by molar-refractivity contribution is -0.117. The molecule has 0 saturated carbocycles. The first-order chi connectivity index (χ1) is 10.8. The van der Waals surface area contributed by atoms with Crippen LogP contribution < -0.4 is 5.73 Å². The van der Waals surface area contributed by atoms with E-state index in [1.807, 2.05) is 24.3 Å². The SMILES string of the molecule is CC(C)c1cc(-c2ccc(Cl)cc2)cc(C(C)C)c1CC(N)=O. The van der Waals surface area contributed by atoms with E-state index in [9.17, 15) is 4.79 Å². The molecule has 0 fully saturated rings. The zero-order chi connectivity index (χ0) is 17.1. The molecule has 2 rings (SSSR count). The fraction of sp³-hybridized carbons (Fsp3) is 0.350. The second kappa shape index (κ2) is 7.18. The van der Waals surface area contributed by atoms with Crippen LogP contribution in [0, 0.1) is 0 Å². The summed E-state index contributed by atoms with van der Waals surface area (Å²) < 4.78 is 0. The van der Waals surface area contributed by atoms with E-state index in [0.29, 0.717) is 18.3 Å². The Morgan fingerprint density at radius 1 is 0.957 bits per heavy atom. The molecule has 0 radical (unpaired) electrons. The maximum atomic E-state index is 11.5. The fourth-order valence-electron chi connectivity index (χ4n) is 2.94. The largest absolute Gasteiger partial charge is 0.369 e. The van der Waals surface area contributed by atoms with Gasteiger partial charge in [0.2, 0.25) is 5.91 Å². The van der Waals surface area contributed by atoms with Crippen molar-refractivity contribution >= 4 is 17.5 Å². The van der Waals surface area contributed by atoms with Gasteiger partial charge in [0.15, 0.2) is 0 Å². The first-order valence-corrected chi connectivity index (χ1v) is 8.38. The second-order valence-corrected chi connectivity index (χ2v) is 7.03. The molecule has 122 valence electrons. The van der Waals surface area contributed by atoms with Crippen LogP contribution in [-0.4, -0.2) is 5.91 Å². The van der Waals surface area contributed by atoms with E-state index in [1.165, 1.54) is 11.1 Å². The average molecular weight is 330 g/mol. The predicted octanol–water partition coefficient (Wildman–Crippen LogP) is 5.28. The number of carbonyl (C=O) groups excluding carboxylic acids is 1. The van der Waals surface area contributed by atoms with Gasteiger partial charge in [-0.2, -0.15) is 0 Å². The number of benzene rings is 2. The molecule has 0 aliphatic heterocycles. The molecule has 2 N–H and O–H groups in total. The van der Waals surface area contributed by atoms with Crippen molar-refractivity contribution in [2.45, 2.75) is 46.0 Å². The second-order valence-electron chi connectivity index (χ2n) is 6.59. The third-order valence-corrected chi connectivity index (χ3v) is 4.34. The van der Waals surface area contributed by atoms with Crippen LogP contribution in [0.5, 0.6) is 0 Å². The Labute approximate surface area is 143 Å². The molecule has 0 aliphatic carbocycles. The molecule has 0 bridgehead atoms. The van der Waals surface area contributed by atoms with E-state index in [0.717, 1.165) is 21.7 Å². The van der Waals surface area contributed by atoms with Gasteiger partial charge in [-0.15, -0.1) is 0 Å². The number of rotatable bonds is 5. The molecule has 0 saturated heterocycles. The van der Waals surface area contributed by atoms with Gasteiger partial charge in [0.25, 0.3) is 0 Å². The molecule has 2 aromatic rings. The third-order valence-electron chi connectivity index (χ3n) is 4.09. The number of halogens is 1. The highest BCUT2D eigenvalue weighted by Gasteiger charge is 2.18. The van der Waals surface area contributed by atoms with Crippen LogP contribution >= 0.6 is 11.6 Å². The van der Waals surface area contributed by atoms with Gasteiger partial charge in [-0.1, -0.05) is 63.6 Å². The summed E-state index contributed by atoms with van der Waals surface area (Å²) in [6.45, 7) is 8.59. The minimum atomic E-state index is -0.284. The summed E-state index contributed by atoms with van der Waals surface area (Å²) in [5, 5.41) is 0.729. The maximum Gasteiger partial charge on any atom is 0.221 e. The van der Waals surface area contributed by atoms with Gasteiger partial charge >= 0.3 is 0 Å². The van der Waals surface area contributed by atoms with Gasteiger partial charge in [0, 0.05) is 5.02 Å². The molecule has 0 aromatic heterocycles. The molecule has 23 heavy (non-hydrogen) atoms. The highest BCUT2D eigenvalue weighted by molar-refractivity contribution is 6.30. The molecule has 1 amide bonds. The minimum absolute atomic E-state index is 0.284. The summed E-state index contributed by atoms with van der Waals surface area (Å²) >= 11 is 5.99. The van der Waals surface area contributed by atoms with Gasteiger partial charge in [-0.05, 0) is 51.8 Å². The number of amides is 1. The van der Waals surface area contributed by atoms with Crippen LogP contribution in [0.25, 0.3) is 11.1 Å². The monoisotopic (exact) mass is 329 g/mol. The van der Waals surface area contributed by atoms with E-state index >= 15 is 0 Å². The predicted molar refractivity (Wildman–Crippen MR) is 98.0 cm³/mol. The molecule has 0 heterocycles. The van der Waals surface area contributed by atoms with E-state index < -0.39 is 0 Å². The summed E-state index contributed by atoms with van der Waals surface area (Å²) in [7, 11) is 0. The summed E-state index contributed by atoms with van der Waals surface area (Å²) in [5.41, 5.74) is 11.2. The Morgan fingerprint density at radius 3 is 1.83 bits per heavy atom. The topological polar surface area (TPSA) is 43.1 Å². The van der Waals surface area contributed by atoms with Crippen molar-refractivity contribution in [3.05, 3.63) is 58.1 Å². The number of hydrogen-bond acceptors (Lipinski definition) is 1. The molecule has 0 aliphatic rings. The zero-order valence-electron chi connectivity index (χ0n) is 14.2. The van der Waals surface area contributed by atoms with Crippen molar-refractivity contribution in [3.8, 4) is 11.1 Å². The Balaban J connectivity index is 2.66. The normalized spacial score (nSPS) is 11.3. The van der Waals surface area contributed by atoms with E-state index in [1.54, 1.807) is 0 Å². The molecule has 0 spiro atoms. The Kier molecular flexibility index (Phi) is 5.48. The highest BCUT2D eigenvalue weighted by Crippen LogP contribution is 2.34. The maximum absolute atomic E-state index is 11.5. The molecular formula is C20H24ClNO. The van der Waals surface area contributed by atoms with Gasteiger partial charge in [-0.25, -0.2) is 0 Å². The summed E-state index contributed by atoms with van der Waals surface area (Å²) in [6.07, 6.45) is 0.294. The summed E-state index contributed by atoms with van der Waals surface area (Å²) in [6, 6.07) is 12.2. The average Bonchev–Trinajstić information content (AvgIpc) is 2.47. The molecule has 0 unspecified atom stereocenters. The van der Waals surface area contributed by atoms with Crippen molar-refractivity contribution in [1.29, 1.82) is 0 Å². The number of carbonyl (C=O) groups is 1. The first-order valence-electron chi connectivity index (χ1n) is 8.00. The van der Waals surface area contributed by atoms with E-state index in [-0.39, 0.29) is 5.91 Å². The van der Waals surface area contributed by atoms with Gasteiger partial charge < -0.3 is 5.73 Å². The summed E-state index contributed by atoms with van der Waals surface area (Å²) in [5.74, 6) is 0.372. The molecule has 0 atom stereocenters. The number of primary amides is 1. The van der Waals surface area contributed by atoms with Gasteiger partial charge in [-0.3, -0.25) is 4.79 Å². The number of nitrogens with two attached hydrogens (primary N) is 1. The van der Waals surface area contributed by atoms with Gasteiger partial charge in [0.1, 0.15) is 0 Å². The van der Waals surface area contributed by atoms with Crippen molar-refractivity contribution in [2.75, 3.05) is 0 Å². The van der Waals surface area contributed by atoms with Crippen molar-refractivity contribution in [1.82, 2.24) is 0 Å². The van der Waals surface area contributed by atoms with Crippen LogP contribution in [0.3, 0.4) is 0 Å². The van der Waals surface area contributed by atoms with Crippen molar-refractivity contribution in [3.63, 3.8) is 0 Å². The molecule has 2 aromatic carbocycles. The van der Waals surface area contributed by atoms with Crippen LogP contribution in [0.15, 0.2) is 36.4 Å². The molecule has 3 heteroatoms. The zero-order valence-corrected chi connectivity index (χ0v) is 14.9. The highest BCUT2D eigenvalue weighted by atomic mass is 35.5. The smallest absolute Gasteiger partial charge is 0.221 e. The van der Waals surface area contributed by atoms with E-state index in [4.69, 9.17) is 17.3 Å². The lowest BCUT2D eigenvalue weighted by Crippen LogP contribution is -2.17. The van der Waals surface area contributed by atoms with Crippen molar-refractivity contribution in [2.24, 2.45) is 5.73 Å². The van der Waals surface area contributed by atoms with Gasteiger partial charge in [0.05, 0.1) is 6.42 Å². The van der Waals surface area contributed by atoms with Crippen LogP contribution in [0.4, 0.5) is 0 Å². The van der Waals surface area contributed by atoms with E-state index in [2.05, 4.69) is 39.8 Å². The number of hydrogen-bond donors (Lipinski definition) is 1. The molecule has 2 nitrogen and oxygen atoms in total. The quantitative estimate of drug-likeness (QED) is 0.796. The third kappa shape index (κ3) is 4.14. The lowest BCUT2D eigenvalue weighted by atomic mass is 9.84. The van der Waals surface area contributed by atoms with Crippen molar-refractivity contribution < 1.29 is 4.79 Å². The fourth-order valence-corrected chi connectivity index (χ4v) is 3.06. The Morgan fingerprint density at radius 2 is 1.43 bits per heavy atom.